The van der Waals surface area contributed by atoms with E-state index in [1.807, 2.05) is 74.5 Å². The molecule has 50 heavy (non-hydrogen) atoms. The second kappa shape index (κ2) is 22.8. The predicted molar refractivity (Wildman–Crippen MR) is 183 cm³/mol. The number of aliphatic hydroxyl groups excluding tert-OH is 2. The van der Waals surface area contributed by atoms with Crippen molar-refractivity contribution < 1.29 is 57.7 Å². The molecule has 1 aliphatic heterocycles. The standard InChI is InChI=1S/C38H56O12/c1-28(39)45-17-15-34(47-26-43-24-30-11-7-5-8-12-30)20-32(41)19-33(42)21-36-23-37(50-38(3,4)49-36)22-35(16-18-46-29(2)40)48-27-44-25-31-13-9-6-10-14-31/h5-14,32-37,41-42H,15-27H2,1-4H3/t32-,33+,34-,35-,36-,37-/m0/s1. The minimum Gasteiger partial charge on any atom is -0.466 e. The van der Waals surface area contributed by atoms with Crippen molar-refractivity contribution in [3.05, 3.63) is 71.8 Å². The fraction of sp³-hybridized carbons (Fsp3) is 0.632. The van der Waals surface area contributed by atoms with Gasteiger partial charge in [-0.2, -0.15) is 0 Å². The Morgan fingerprint density at radius 2 is 1.20 bits per heavy atom. The molecule has 0 spiro atoms. The third-order valence-electron chi connectivity index (χ3n) is 8.05. The summed E-state index contributed by atoms with van der Waals surface area (Å²) >= 11 is 0. The highest BCUT2D eigenvalue weighted by Gasteiger charge is 2.37. The van der Waals surface area contributed by atoms with Crippen LogP contribution in [-0.2, 0) is 60.7 Å². The number of benzene rings is 2. The van der Waals surface area contributed by atoms with Crippen LogP contribution >= 0.6 is 0 Å². The summed E-state index contributed by atoms with van der Waals surface area (Å²) in [5, 5.41) is 21.9. The minimum absolute atomic E-state index is 0.00598. The van der Waals surface area contributed by atoms with Crippen molar-refractivity contribution in [1.82, 2.24) is 0 Å². The minimum atomic E-state index is -0.911. The van der Waals surface area contributed by atoms with E-state index in [9.17, 15) is 19.8 Å². The molecule has 1 saturated heterocycles. The van der Waals surface area contributed by atoms with Crippen LogP contribution in [0.4, 0.5) is 0 Å². The molecule has 12 nitrogen and oxygen atoms in total. The van der Waals surface area contributed by atoms with E-state index >= 15 is 0 Å². The molecule has 0 bridgehead atoms. The zero-order chi connectivity index (χ0) is 36.2. The van der Waals surface area contributed by atoms with Crippen molar-refractivity contribution in [1.29, 1.82) is 0 Å². The van der Waals surface area contributed by atoms with Gasteiger partial charge in [0.05, 0.1) is 63.1 Å². The number of ether oxygens (including phenoxy) is 8. The van der Waals surface area contributed by atoms with Gasteiger partial charge in [-0.1, -0.05) is 60.7 Å². The first kappa shape index (κ1) is 41.5. The Balaban J connectivity index is 1.48. The van der Waals surface area contributed by atoms with Gasteiger partial charge in [-0.05, 0) is 44.2 Å². The van der Waals surface area contributed by atoms with Gasteiger partial charge in [-0.25, -0.2) is 0 Å². The van der Waals surface area contributed by atoms with Gasteiger partial charge in [0, 0.05) is 39.5 Å². The van der Waals surface area contributed by atoms with E-state index < -0.39 is 30.1 Å². The van der Waals surface area contributed by atoms with E-state index in [1.54, 1.807) is 0 Å². The van der Waals surface area contributed by atoms with Crippen LogP contribution in [0.1, 0.15) is 83.8 Å². The largest absolute Gasteiger partial charge is 0.466 e. The molecule has 0 radical (unpaired) electrons. The van der Waals surface area contributed by atoms with Crippen LogP contribution < -0.4 is 0 Å². The lowest BCUT2D eigenvalue weighted by Crippen LogP contribution is -2.47. The van der Waals surface area contributed by atoms with Crippen LogP contribution in [0.2, 0.25) is 0 Å². The lowest BCUT2D eigenvalue weighted by molar-refractivity contribution is -0.307. The average Bonchev–Trinajstić information content (AvgIpc) is 3.04. The molecule has 0 saturated carbocycles. The smallest absolute Gasteiger partial charge is 0.302 e. The third kappa shape index (κ3) is 18.3. The third-order valence-corrected chi connectivity index (χ3v) is 8.05. The summed E-state index contributed by atoms with van der Waals surface area (Å²) in [6.45, 7) is 7.57. The van der Waals surface area contributed by atoms with E-state index in [0.717, 1.165) is 11.1 Å². The number of hydrogen-bond acceptors (Lipinski definition) is 12. The monoisotopic (exact) mass is 704 g/mol. The summed E-state index contributed by atoms with van der Waals surface area (Å²) in [5.74, 6) is -1.66. The fourth-order valence-corrected chi connectivity index (χ4v) is 5.88. The lowest BCUT2D eigenvalue weighted by atomic mass is 9.95. The molecule has 1 aliphatic rings. The molecule has 1 heterocycles. The molecule has 12 heteroatoms. The zero-order valence-electron chi connectivity index (χ0n) is 29.9. The van der Waals surface area contributed by atoms with Gasteiger partial charge >= 0.3 is 11.9 Å². The maximum atomic E-state index is 11.4. The topological polar surface area (TPSA) is 148 Å². The quantitative estimate of drug-likeness (QED) is 0.0840. The normalized spacial score (nSPS) is 19.6. The molecule has 2 aromatic carbocycles. The van der Waals surface area contributed by atoms with Crippen LogP contribution in [0.25, 0.3) is 0 Å². The molecular formula is C38H56O12. The second-order valence-electron chi connectivity index (χ2n) is 13.1. The molecule has 0 unspecified atom stereocenters. The van der Waals surface area contributed by atoms with E-state index in [1.165, 1.54) is 13.8 Å². The summed E-state index contributed by atoms with van der Waals surface area (Å²) in [4.78, 5) is 22.7. The fourth-order valence-electron chi connectivity index (χ4n) is 5.88. The summed E-state index contributed by atoms with van der Waals surface area (Å²) in [6, 6.07) is 19.5. The van der Waals surface area contributed by atoms with E-state index in [0.29, 0.717) is 45.3 Å². The highest BCUT2D eigenvalue weighted by atomic mass is 16.7. The van der Waals surface area contributed by atoms with Gasteiger partial charge in [0.25, 0.3) is 0 Å². The Kier molecular flexibility index (Phi) is 18.9. The molecule has 0 aliphatic carbocycles. The second-order valence-corrected chi connectivity index (χ2v) is 13.1. The SMILES string of the molecule is CC(=O)OCC[C@@H](C[C@@H](O)C[C@@H](O)C[C@H]1C[C@H](C[C@H](CCOC(C)=O)OCOCc2ccccc2)OC(C)(C)O1)OCOCc1ccccc1. The lowest BCUT2D eigenvalue weighted by Gasteiger charge is -2.42. The highest BCUT2D eigenvalue weighted by Crippen LogP contribution is 2.32. The van der Waals surface area contributed by atoms with E-state index in [4.69, 9.17) is 37.9 Å². The van der Waals surface area contributed by atoms with E-state index in [2.05, 4.69) is 0 Å². The van der Waals surface area contributed by atoms with Crippen molar-refractivity contribution in [2.45, 2.75) is 128 Å². The molecule has 3 rings (SSSR count). The van der Waals surface area contributed by atoms with Gasteiger partial charge in [-0.15, -0.1) is 0 Å². The van der Waals surface area contributed by atoms with Crippen LogP contribution in [0, 0.1) is 0 Å². The molecule has 2 aromatic rings. The maximum Gasteiger partial charge on any atom is 0.302 e. The van der Waals surface area contributed by atoms with Crippen molar-refractivity contribution >= 4 is 11.9 Å². The zero-order valence-corrected chi connectivity index (χ0v) is 29.9. The highest BCUT2D eigenvalue weighted by molar-refractivity contribution is 5.66. The number of hydrogen-bond donors (Lipinski definition) is 2. The first-order chi connectivity index (χ1) is 24.0. The number of esters is 2. The van der Waals surface area contributed by atoms with Crippen LogP contribution in [0.3, 0.4) is 0 Å². The molecule has 1 fully saturated rings. The molecule has 2 N–H and O–H groups in total. The molecule has 280 valence electrons. The van der Waals surface area contributed by atoms with Crippen LogP contribution in [0.5, 0.6) is 0 Å². The van der Waals surface area contributed by atoms with Crippen molar-refractivity contribution in [3.8, 4) is 0 Å². The van der Waals surface area contributed by atoms with Crippen molar-refractivity contribution in [3.63, 3.8) is 0 Å². The van der Waals surface area contributed by atoms with Crippen molar-refractivity contribution in [2.75, 3.05) is 26.8 Å². The van der Waals surface area contributed by atoms with Gasteiger partial charge in [-0.3, -0.25) is 9.59 Å². The molecular weight excluding hydrogens is 648 g/mol. The number of carbonyl (C=O) groups excluding carboxylic acids is 2. The van der Waals surface area contributed by atoms with Crippen LogP contribution in [0.15, 0.2) is 60.7 Å². The first-order valence-corrected chi connectivity index (χ1v) is 17.4. The molecule has 6 atom stereocenters. The van der Waals surface area contributed by atoms with Gasteiger partial charge in [0.2, 0.25) is 0 Å². The van der Waals surface area contributed by atoms with Crippen molar-refractivity contribution in [2.24, 2.45) is 0 Å². The average molecular weight is 705 g/mol. The maximum absolute atomic E-state index is 11.4. The number of aliphatic hydroxyl groups is 2. The van der Waals surface area contributed by atoms with Gasteiger partial charge in [0.15, 0.2) is 5.79 Å². The summed E-state index contributed by atoms with van der Waals surface area (Å²) < 4.78 is 46.0. The Morgan fingerprint density at radius 1 is 0.720 bits per heavy atom. The molecule has 0 amide bonds. The first-order valence-electron chi connectivity index (χ1n) is 17.4. The molecule has 0 aromatic heterocycles. The Hall–Kier alpha value is -2.94. The van der Waals surface area contributed by atoms with Gasteiger partial charge < -0.3 is 48.1 Å². The number of carbonyl (C=O) groups is 2. The number of rotatable bonds is 24. The Bertz CT molecular complexity index is 1210. The predicted octanol–water partition coefficient (Wildman–Crippen LogP) is 5.20. The van der Waals surface area contributed by atoms with E-state index in [-0.39, 0.29) is 63.9 Å². The Morgan fingerprint density at radius 3 is 1.72 bits per heavy atom. The summed E-state index contributed by atoms with van der Waals surface area (Å²) in [7, 11) is 0. The summed E-state index contributed by atoms with van der Waals surface area (Å²) in [6.07, 6.45) is -0.607. The van der Waals surface area contributed by atoms with Gasteiger partial charge in [0.1, 0.15) is 13.6 Å². The summed E-state index contributed by atoms with van der Waals surface area (Å²) in [5.41, 5.74) is 2.04. The van der Waals surface area contributed by atoms with Crippen LogP contribution in [-0.4, -0.2) is 91.4 Å². The Labute approximate surface area is 296 Å².